The number of rotatable bonds is 4. The van der Waals surface area contributed by atoms with E-state index >= 15 is 0 Å². The van der Waals surface area contributed by atoms with E-state index in [9.17, 15) is 15.0 Å². The lowest BCUT2D eigenvalue weighted by atomic mass is 9.92. The number of benzene rings is 1. The molecule has 0 spiro atoms. The van der Waals surface area contributed by atoms with E-state index < -0.39 is 11.7 Å². The molecular formula is C15H21NO5. The fourth-order valence-corrected chi connectivity index (χ4v) is 2.40. The fraction of sp³-hybridized carbons (Fsp3) is 0.533. The Balaban J connectivity index is 1.99. The summed E-state index contributed by atoms with van der Waals surface area (Å²) >= 11 is 0. The Morgan fingerprint density at radius 2 is 1.90 bits per heavy atom. The van der Waals surface area contributed by atoms with Gasteiger partial charge in [0.2, 0.25) is 0 Å². The van der Waals surface area contributed by atoms with Crippen molar-refractivity contribution in [1.82, 2.24) is 4.90 Å². The van der Waals surface area contributed by atoms with Gasteiger partial charge in [-0.25, -0.2) is 0 Å². The average molecular weight is 295 g/mol. The molecule has 6 heteroatoms. The molecule has 1 heterocycles. The first-order valence-corrected chi connectivity index (χ1v) is 6.93. The van der Waals surface area contributed by atoms with E-state index in [1.165, 1.54) is 4.90 Å². The van der Waals surface area contributed by atoms with Crippen LogP contribution in [0.5, 0.6) is 5.75 Å². The summed E-state index contributed by atoms with van der Waals surface area (Å²) in [4.78, 5) is 13.8. The smallest absolute Gasteiger partial charge is 0.256 e. The molecule has 116 valence electrons. The normalized spacial score (nSPS) is 19.1. The molecule has 21 heavy (non-hydrogen) atoms. The molecule has 6 nitrogen and oxygen atoms in total. The molecule has 3 N–H and O–H groups in total. The second kappa shape index (κ2) is 6.43. The Morgan fingerprint density at radius 3 is 2.38 bits per heavy atom. The quantitative estimate of drug-likeness (QED) is 0.731. The molecule has 1 atom stereocenters. The standard InChI is InChI=1S/C15H21NO5/c1-21-12-4-2-11(3-5-12)13(18)14(19)16-8-6-15(20,10-17)7-9-16/h2-5,13,17-18,20H,6-10H2,1H3. The van der Waals surface area contributed by atoms with Crippen LogP contribution in [0.4, 0.5) is 0 Å². The van der Waals surface area contributed by atoms with Gasteiger partial charge in [0.1, 0.15) is 5.75 Å². The van der Waals surface area contributed by atoms with Crippen LogP contribution < -0.4 is 4.74 Å². The lowest BCUT2D eigenvalue weighted by Crippen LogP contribution is -2.49. The monoisotopic (exact) mass is 295 g/mol. The first-order chi connectivity index (χ1) is 9.99. The minimum atomic E-state index is -1.23. The summed E-state index contributed by atoms with van der Waals surface area (Å²) in [6.07, 6.45) is -0.606. The van der Waals surface area contributed by atoms with Gasteiger partial charge in [-0.1, -0.05) is 12.1 Å². The van der Waals surface area contributed by atoms with Crippen molar-refractivity contribution in [2.45, 2.75) is 24.5 Å². The summed E-state index contributed by atoms with van der Waals surface area (Å²) in [6.45, 7) is 0.336. The molecule has 1 aromatic rings. The van der Waals surface area contributed by atoms with Gasteiger partial charge >= 0.3 is 0 Å². The van der Waals surface area contributed by atoms with Crippen LogP contribution in [0, 0.1) is 0 Å². The van der Waals surface area contributed by atoms with Crippen LogP contribution >= 0.6 is 0 Å². The van der Waals surface area contributed by atoms with Crippen LogP contribution in [-0.4, -0.2) is 58.5 Å². The third-order valence-corrected chi connectivity index (χ3v) is 3.97. The number of hydrogen-bond donors (Lipinski definition) is 3. The molecule has 1 amide bonds. The summed E-state index contributed by atoms with van der Waals surface area (Å²) in [5, 5.41) is 29.2. The number of carbonyl (C=O) groups excluding carboxylic acids is 1. The molecule has 1 unspecified atom stereocenters. The largest absolute Gasteiger partial charge is 0.497 e. The van der Waals surface area contributed by atoms with Gasteiger partial charge in [-0.05, 0) is 30.5 Å². The zero-order valence-electron chi connectivity index (χ0n) is 12.0. The molecule has 0 aromatic heterocycles. The number of aliphatic hydroxyl groups excluding tert-OH is 2. The predicted octanol–water partition coefficient (Wildman–Crippen LogP) is 0.0744. The lowest BCUT2D eigenvalue weighted by molar-refractivity contribution is -0.146. The van der Waals surface area contributed by atoms with Gasteiger partial charge in [-0.2, -0.15) is 0 Å². The number of likely N-dealkylation sites (tertiary alicyclic amines) is 1. The molecular weight excluding hydrogens is 274 g/mol. The van der Waals surface area contributed by atoms with Crippen molar-refractivity contribution in [3.05, 3.63) is 29.8 Å². The zero-order chi connectivity index (χ0) is 15.5. The van der Waals surface area contributed by atoms with Crippen LogP contribution in [-0.2, 0) is 4.79 Å². The van der Waals surface area contributed by atoms with Crippen LogP contribution in [0.2, 0.25) is 0 Å². The summed E-state index contributed by atoms with van der Waals surface area (Å²) < 4.78 is 5.03. The van der Waals surface area contributed by atoms with Crippen LogP contribution in [0.3, 0.4) is 0 Å². The molecule has 0 radical (unpaired) electrons. The number of nitrogens with zero attached hydrogens (tertiary/aromatic N) is 1. The second-order valence-electron chi connectivity index (χ2n) is 5.38. The molecule has 1 aliphatic rings. The van der Waals surface area contributed by atoms with Crippen molar-refractivity contribution < 1.29 is 24.9 Å². The number of carbonyl (C=O) groups is 1. The lowest BCUT2D eigenvalue weighted by Gasteiger charge is -2.37. The number of amides is 1. The summed E-state index contributed by atoms with van der Waals surface area (Å²) in [6, 6.07) is 6.67. The molecule has 0 bridgehead atoms. The number of piperidine rings is 1. The Morgan fingerprint density at radius 1 is 1.33 bits per heavy atom. The molecule has 1 aromatic carbocycles. The first-order valence-electron chi connectivity index (χ1n) is 6.93. The minimum Gasteiger partial charge on any atom is -0.497 e. The van der Waals surface area contributed by atoms with E-state index in [1.54, 1.807) is 31.4 Å². The van der Waals surface area contributed by atoms with Gasteiger partial charge < -0.3 is 25.0 Å². The zero-order valence-corrected chi connectivity index (χ0v) is 12.0. The van der Waals surface area contributed by atoms with E-state index in [0.29, 0.717) is 37.2 Å². The molecule has 2 rings (SSSR count). The Kier molecular flexibility index (Phi) is 4.82. The Bertz CT molecular complexity index is 479. The third kappa shape index (κ3) is 3.53. The van der Waals surface area contributed by atoms with E-state index in [4.69, 9.17) is 9.84 Å². The fourth-order valence-electron chi connectivity index (χ4n) is 2.40. The van der Waals surface area contributed by atoms with E-state index in [0.717, 1.165) is 0 Å². The van der Waals surface area contributed by atoms with E-state index in [-0.39, 0.29) is 12.5 Å². The maximum Gasteiger partial charge on any atom is 0.256 e. The van der Waals surface area contributed by atoms with Crippen molar-refractivity contribution >= 4 is 5.91 Å². The average Bonchev–Trinajstić information content (AvgIpc) is 2.54. The summed E-state index contributed by atoms with van der Waals surface area (Å²) in [5.74, 6) is 0.268. The number of hydrogen-bond acceptors (Lipinski definition) is 5. The number of methoxy groups -OCH3 is 1. The Hall–Kier alpha value is -1.63. The van der Waals surface area contributed by atoms with Crippen molar-refractivity contribution in [2.24, 2.45) is 0 Å². The number of ether oxygens (including phenoxy) is 1. The highest BCUT2D eigenvalue weighted by atomic mass is 16.5. The van der Waals surface area contributed by atoms with Crippen molar-refractivity contribution in [1.29, 1.82) is 0 Å². The molecule has 1 fully saturated rings. The molecule has 1 saturated heterocycles. The summed E-state index contributed by atoms with van der Waals surface area (Å²) in [7, 11) is 1.55. The van der Waals surface area contributed by atoms with E-state index in [2.05, 4.69) is 0 Å². The predicted molar refractivity (Wildman–Crippen MR) is 75.8 cm³/mol. The van der Waals surface area contributed by atoms with Crippen LogP contribution in [0.25, 0.3) is 0 Å². The van der Waals surface area contributed by atoms with Gasteiger partial charge in [0.15, 0.2) is 6.10 Å². The first kappa shape index (κ1) is 15.8. The Labute approximate surface area is 123 Å². The SMILES string of the molecule is COc1ccc(C(O)C(=O)N2CCC(O)(CO)CC2)cc1. The van der Waals surface area contributed by atoms with Crippen LogP contribution in [0.1, 0.15) is 24.5 Å². The molecule has 1 aliphatic heterocycles. The van der Waals surface area contributed by atoms with Crippen LogP contribution in [0.15, 0.2) is 24.3 Å². The minimum absolute atomic E-state index is 0.309. The molecule has 0 saturated carbocycles. The highest BCUT2D eigenvalue weighted by molar-refractivity contribution is 5.82. The third-order valence-electron chi connectivity index (χ3n) is 3.97. The van der Waals surface area contributed by atoms with Crippen molar-refractivity contribution in [3.63, 3.8) is 0 Å². The van der Waals surface area contributed by atoms with Gasteiger partial charge in [0.25, 0.3) is 5.91 Å². The van der Waals surface area contributed by atoms with Crippen molar-refractivity contribution in [2.75, 3.05) is 26.8 Å². The highest BCUT2D eigenvalue weighted by Crippen LogP contribution is 2.25. The summed E-state index contributed by atoms with van der Waals surface area (Å²) in [5.41, 5.74) is -0.606. The van der Waals surface area contributed by atoms with Gasteiger partial charge in [0.05, 0.1) is 19.3 Å². The van der Waals surface area contributed by atoms with Gasteiger partial charge in [-0.15, -0.1) is 0 Å². The van der Waals surface area contributed by atoms with Gasteiger partial charge in [-0.3, -0.25) is 4.79 Å². The molecule has 0 aliphatic carbocycles. The topological polar surface area (TPSA) is 90.2 Å². The maximum atomic E-state index is 12.3. The van der Waals surface area contributed by atoms with Crippen molar-refractivity contribution in [3.8, 4) is 5.75 Å². The highest BCUT2D eigenvalue weighted by Gasteiger charge is 2.35. The second-order valence-corrected chi connectivity index (χ2v) is 5.38. The van der Waals surface area contributed by atoms with E-state index in [1.807, 2.05) is 0 Å². The number of aliphatic hydroxyl groups is 3. The maximum absolute atomic E-state index is 12.3. The van der Waals surface area contributed by atoms with Gasteiger partial charge in [0, 0.05) is 13.1 Å².